The lowest BCUT2D eigenvalue weighted by Gasteiger charge is -2.28. The van der Waals surface area contributed by atoms with Crippen molar-refractivity contribution in [1.82, 2.24) is 19.5 Å². The minimum atomic E-state index is -0.0386. The molecule has 7 nitrogen and oxygen atoms in total. The molecule has 0 radical (unpaired) electrons. The third kappa shape index (κ3) is 3.45. The maximum absolute atomic E-state index is 13.3. The van der Waals surface area contributed by atoms with Crippen molar-refractivity contribution in [3.8, 4) is 0 Å². The largest absolute Gasteiger partial charge is 0.383 e. The number of fused-ring (bicyclic) bond motifs is 2. The Balaban J connectivity index is 1.65. The van der Waals surface area contributed by atoms with Gasteiger partial charge in [-0.1, -0.05) is 24.3 Å². The molecule has 3 heterocycles. The second kappa shape index (κ2) is 8.07. The van der Waals surface area contributed by atoms with E-state index in [2.05, 4.69) is 4.90 Å². The van der Waals surface area contributed by atoms with Crippen LogP contribution in [-0.4, -0.2) is 39.8 Å². The molecule has 4 aromatic rings. The standard InChI is InChI=1S/C24H25N5O2/c1-16-22(27-20-11-6-5-10-19(20)25-16)28-13-7-12-21(28)23-26-18-9-4-3-8-17(18)24(30)29(23)14-15-31-2/h3-6,8-11,21H,7,12-15H2,1-2H3. The topological polar surface area (TPSA) is 73.1 Å². The first-order chi connectivity index (χ1) is 15.2. The van der Waals surface area contributed by atoms with Gasteiger partial charge in [-0.25, -0.2) is 15.0 Å². The van der Waals surface area contributed by atoms with E-state index in [0.29, 0.717) is 18.5 Å². The van der Waals surface area contributed by atoms with Gasteiger partial charge in [0.05, 0.1) is 46.8 Å². The lowest BCUT2D eigenvalue weighted by molar-refractivity contribution is 0.184. The van der Waals surface area contributed by atoms with Crippen LogP contribution in [0, 0.1) is 6.92 Å². The fraction of sp³-hybridized carbons (Fsp3) is 0.333. The highest BCUT2D eigenvalue weighted by atomic mass is 16.5. The molecular formula is C24H25N5O2. The number of methoxy groups -OCH3 is 1. The SMILES string of the molecule is COCCn1c(C2CCCN2c2nc3ccccc3nc2C)nc2ccccc2c1=O. The van der Waals surface area contributed by atoms with E-state index < -0.39 is 0 Å². The Kier molecular flexibility index (Phi) is 5.11. The molecule has 0 amide bonds. The summed E-state index contributed by atoms with van der Waals surface area (Å²) in [6.45, 7) is 3.77. The molecule has 31 heavy (non-hydrogen) atoms. The third-order valence-corrected chi connectivity index (χ3v) is 5.95. The molecule has 1 fully saturated rings. The summed E-state index contributed by atoms with van der Waals surface area (Å²) in [5.74, 6) is 1.63. The normalized spacial score (nSPS) is 16.5. The molecule has 0 aliphatic carbocycles. The molecule has 2 aromatic carbocycles. The van der Waals surface area contributed by atoms with Crippen molar-refractivity contribution >= 4 is 27.8 Å². The van der Waals surface area contributed by atoms with Crippen molar-refractivity contribution < 1.29 is 4.74 Å². The average molecular weight is 415 g/mol. The molecule has 1 unspecified atom stereocenters. The van der Waals surface area contributed by atoms with Crippen LogP contribution in [0.5, 0.6) is 0 Å². The number of aromatic nitrogens is 4. The second-order valence-electron chi connectivity index (χ2n) is 7.91. The maximum atomic E-state index is 13.3. The molecule has 1 atom stereocenters. The zero-order valence-corrected chi connectivity index (χ0v) is 17.8. The van der Waals surface area contributed by atoms with E-state index >= 15 is 0 Å². The average Bonchev–Trinajstić information content (AvgIpc) is 3.27. The fourth-order valence-electron chi connectivity index (χ4n) is 4.48. The Labute approximate surface area is 180 Å². The van der Waals surface area contributed by atoms with Crippen molar-refractivity contribution in [2.24, 2.45) is 0 Å². The van der Waals surface area contributed by atoms with Gasteiger partial charge in [0, 0.05) is 13.7 Å². The Hall–Kier alpha value is -3.32. The summed E-state index contributed by atoms with van der Waals surface area (Å²) in [6.07, 6.45) is 1.91. The first kappa shape index (κ1) is 19.6. The van der Waals surface area contributed by atoms with E-state index in [4.69, 9.17) is 19.7 Å². The van der Waals surface area contributed by atoms with Gasteiger partial charge >= 0.3 is 0 Å². The molecule has 7 heteroatoms. The first-order valence-electron chi connectivity index (χ1n) is 10.7. The number of anilines is 1. The Morgan fingerprint density at radius 1 is 1.00 bits per heavy atom. The molecular weight excluding hydrogens is 390 g/mol. The van der Waals surface area contributed by atoms with Crippen molar-refractivity contribution in [2.45, 2.75) is 32.4 Å². The molecule has 1 aliphatic rings. The van der Waals surface area contributed by atoms with E-state index in [9.17, 15) is 4.79 Å². The van der Waals surface area contributed by atoms with Gasteiger partial charge in [0.15, 0.2) is 5.82 Å². The van der Waals surface area contributed by atoms with Crippen LogP contribution in [0.3, 0.4) is 0 Å². The highest BCUT2D eigenvalue weighted by Crippen LogP contribution is 2.36. The molecule has 5 rings (SSSR count). The van der Waals surface area contributed by atoms with Gasteiger partial charge in [-0.3, -0.25) is 9.36 Å². The van der Waals surface area contributed by atoms with Gasteiger partial charge in [-0.05, 0) is 44.0 Å². The quantitative estimate of drug-likeness (QED) is 0.496. The first-order valence-corrected chi connectivity index (χ1v) is 10.7. The monoisotopic (exact) mass is 415 g/mol. The number of aryl methyl sites for hydroxylation is 1. The van der Waals surface area contributed by atoms with Gasteiger partial charge in [-0.15, -0.1) is 0 Å². The van der Waals surface area contributed by atoms with E-state index in [1.165, 1.54) is 0 Å². The van der Waals surface area contributed by atoms with Crippen molar-refractivity contribution in [1.29, 1.82) is 0 Å². The van der Waals surface area contributed by atoms with Crippen LogP contribution in [0.2, 0.25) is 0 Å². The Bertz CT molecular complexity index is 1320. The number of nitrogens with zero attached hydrogens (tertiary/aromatic N) is 5. The lowest BCUT2D eigenvalue weighted by atomic mass is 10.1. The predicted molar refractivity (Wildman–Crippen MR) is 121 cm³/mol. The highest BCUT2D eigenvalue weighted by molar-refractivity contribution is 5.78. The van der Waals surface area contributed by atoms with Crippen LogP contribution >= 0.6 is 0 Å². The number of rotatable bonds is 5. The van der Waals surface area contributed by atoms with E-state index in [0.717, 1.165) is 53.3 Å². The molecule has 0 saturated carbocycles. The van der Waals surface area contributed by atoms with E-state index in [1.807, 2.05) is 55.5 Å². The van der Waals surface area contributed by atoms with Gasteiger partial charge in [-0.2, -0.15) is 0 Å². The smallest absolute Gasteiger partial charge is 0.261 e. The van der Waals surface area contributed by atoms with E-state index in [-0.39, 0.29) is 11.6 Å². The zero-order chi connectivity index (χ0) is 21.4. The van der Waals surface area contributed by atoms with Gasteiger partial charge in [0.25, 0.3) is 5.56 Å². The van der Waals surface area contributed by atoms with Crippen LogP contribution in [0.15, 0.2) is 53.3 Å². The highest BCUT2D eigenvalue weighted by Gasteiger charge is 2.32. The molecule has 1 aliphatic heterocycles. The predicted octanol–water partition coefficient (Wildman–Crippen LogP) is 3.64. The van der Waals surface area contributed by atoms with Crippen molar-refractivity contribution in [3.05, 3.63) is 70.4 Å². The number of ether oxygens (including phenoxy) is 1. The molecule has 0 N–H and O–H groups in total. The number of para-hydroxylation sites is 3. The lowest BCUT2D eigenvalue weighted by Crippen LogP contribution is -2.34. The van der Waals surface area contributed by atoms with Crippen LogP contribution in [0.1, 0.15) is 30.4 Å². The molecule has 0 spiro atoms. The van der Waals surface area contributed by atoms with Crippen LogP contribution in [-0.2, 0) is 11.3 Å². The van der Waals surface area contributed by atoms with Crippen LogP contribution in [0.25, 0.3) is 21.9 Å². The summed E-state index contributed by atoms with van der Waals surface area (Å²) >= 11 is 0. The summed E-state index contributed by atoms with van der Waals surface area (Å²) in [5, 5.41) is 0.633. The van der Waals surface area contributed by atoms with Crippen LogP contribution in [0.4, 0.5) is 5.82 Å². The van der Waals surface area contributed by atoms with Crippen molar-refractivity contribution in [2.75, 3.05) is 25.2 Å². The summed E-state index contributed by atoms with van der Waals surface area (Å²) in [7, 11) is 1.65. The third-order valence-electron chi connectivity index (χ3n) is 5.95. The Morgan fingerprint density at radius 2 is 1.71 bits per heavy atom. The van der Waals surface area contributed by atoms with Gasteiger partial charge in [0.1, 0.15) is 5.82 Å². The van der Waals surface area contributed by atoms with E-state index in [1.54, 1.807) is 11.7 Å². The fourth-order valence-corrected chi connectivity index (χ4v) is 4.48. The van der Waals surface area contributed by atoms with Crippen molar-refractivity contribution in [3.63, 3.8) is 0 Å². The minimum Gasteiger partial charge on any atom is -0.383 e. The summed E-state index contributed by atoms with van der Waals surface area (Å²) < 4.78 is 7.06. The number of benzene rings is 2. The number of hydrogen-bond donors (Lipinski definition) is 0. The molecule has 1 saturated heterocycles. The molecule has 2 aromatic heterocycles. The summed E-state index contributed by atoms with van der Waals surface area (Å²) in [6, 6.07) is 15.4. The summed E-state index contributed by atoms with van der Waals surface area (Å²) in [5.41, 5.74) is 3.35. The number of hydrogen-bond acceptors (Lipinski definition) is 6. The summed E-state index contributed by atoms with van der Waals surface area (Å²) in [4.78, 5) is 30.2. The van der Waals surface area contributed by atoms with Crippen LogP contribution < -0.4 is 10.5 Å². The zero-order valence-electron chi connectivity index (χ0n) is 17.8. The molecule has 158 valence electrons. The van der Waals surface area contributed by atoms with Gasteiger partial charge < -0.3 is 9.64 Å². The molecule has 0 bridgehead atoms. The minimum absolute atomic E-state index is 0.0224. The second-order valence-corrected chi connectivity index (χ2v) is 7.91. The van der Waals surface area contributed by atoms with Gasteiger partial charge in [0.2, 0.25) is 0 Å². The maximum Gasteiger partial charge on any atom is 0.261 e. The Morgan fingerprint density at radius 3 is 2.48 bits per heavy atom.